The number of nitrogens with zero attached hydrogens (tertiary/aromatic N) is 1. The number of carboxylic acid groups (broad SMARTS) is 1. The molecule has 0 aromatic carbocycles. The van der Waals surface area contributed by atoms with Crippen molar-refractivity contribution < 1.29 is 9.90 Å². The van der Waals surface area contributed by atoms with E-state index in [2.05, 4.69) is 4.98 Å². The molecule has 0 aliphatic heterocycles. The van der Waals surface area contributed by atoms with Gasteiger partial charge in [-0.1, -0.05) is 0 Å². The lowest BCUT2D eigenvalue weighted by atomic mass is 9.90. The molecule has 0 spiro atoms. The lowest BCUT2D eigenvalue weighted by molar-refractivity contribution is 0.0694. The quantitative estimate of drug-likeness (QED) is 0.729. The fraction of sp³-hybridized carbons (Fsp3) is 0.364. The molecule has 1 aromatic rings. The van der Waals surface area contributed by atoms with Crippen LogP contribution in [0.3, 0.4) is 0 Å². The molecule has 82 valence electrons. The second-order valence-electron chi connectivity index (χ2n) is 3.79. The molecule has 0 radical (unpaired) electrons. The van der Waals surface area contributed by atoms with Crippen molar-refractivity contribution in [3.05, 3.63) is 32.7 Å². The first-order valence-electron chi connectivity index (χ1n) is 5.06. The fourth-order valence-corrected chi connectivity index (χ4v) is 2.11. The second kappa shape index (κ2) is 3.81. The number of aromatic amines is 1. The summed E-state index contributed by atoms with van der Waals surface area (Å²) in [6.45, 7) is 0. The van der Waals surface area contributed by atoms with Crippen molar-refractivity contribution in [1.82, 2.24) is 4.98 Å². The Morgan fingerprint density at radius 3 is 2.69 bits per heavy atom. The number of fused-ring (bicyclic) bond motifs is 1. The number of carbonyl (C=O) groups is 1. The number of nitrogens with one attached hydrogen (secondary N) is 1. The Balaban J connectivity index is 2.78. The lowest BCUT2D eigenvalue weighted by Gasteiger charge is -2.17. The number of aryl methyl sites for hydroxylation is 1. The summed E-state index contributed by atoms with van der Waals surface area (Å²) in [5.41, 5.74) is 0.349. The van der Waals surface area contributed by atoms with E-state index in [0.717, 1.165) is 18.5 Å². The minimum Gasteiger partial charge on any atom is -0.477 e. The zero-order valence-corrected chi connectivity index (χ0v) is 8.54. The fourth-order valence-electron chi connectivity index (χ4n) is 2.11. The maximum atomic E-state index is 11.5. The topological polar surface area (TPSA) is 94.0 Å². The largest absolute Gasteiger partial charge is 0.477 e. The summed E-state index contributed by atoms with van der Waals surface area (Å²) in [6, 6.07) is 1.85. The third-order valence-electron chi connectivity index (χ3n) is 2.84. The van der Waals surface area contributed by atoms with Gasteiger partial charge in [0.15, 0.2) is 0 Å². The van der Waals surface area contributed by atoms with Crippen molar-refractivity contribution in [2.45, 2.75) is 25.7 Å². The summed E-state index contributed by atoms with van der Waals surface area (Å²) in [6.07, 6.45) is 3.25. The van der Waals surface area contributed by atoms with Crippen LogP contribution < -0.4 is 5.56 Å². The van der Waals surface area contributed by atoms with Crippen molar-refractivity contribution in [3.63, 3.8) is 0 Å². The molecule has 0 saturated heterocycles. The summed E-state index contributed by atoms with van der Waals surface area (Å²) in [5.74, 6) is -1.34. The molecule has 16 heavy (non-hydrogen) atoms. The molecular weight excluding hydrogens is 208 g/mol. The first-order chi connectivity index (χ1) is 7.65. The van der Waals surface area contributed by atoms with Crippen LogP contribution in [0.2, 0.25) is 0 Å². The number of nitriles is 1. The van der Waals surface area contributed by atoms with Gasteiger partial charge in [-0.2, -0.15) is 5.26 Å². The summed E-state index contributed by atoms with van der Waals surface area (Å²) in [5, 5.41) is 17.9. The monoisotopic (exact) mass is 218 g/mol. The van der Waals surface area contributed by atoms with Crippen LogP contribution in [0.15, 0.2) is 4.79 Å². The van der Waals surface area contributed by atoms with Crippen LogP contribution in [0.5, 0.6) is 0 Å². The van der Waals surface area contributed by atoms with Crippen LogP contribution in [0.1, 0.15) is 40.0 Å². The van der Waals surface area contributed by atoms with E-state index in [-0.39, 0.29) is 5.56 Å². The first-order valence-corrected chi connectivity index (χ1v) is 5.06. The minimum absolute atomic E-state index is 0.0333. The highest BCUT2D eigenvalue weighted by Gasteiger charge is 2.23. The van der Waals surface area contributed by atoms with Gasteiger partial charge in [-0.15, -0.1) is 0 Å². The highest BCUT2D eigenvalue weighted by molar-refractivity contribution is 5.90. The van der Waals surface area contributed by atoms with Gasteiger partial charge in [0.1, 0.15) is 11.6 Å². The molecule has 0 fully saturated rings. The average molecular weight is 218 g/mol. The molecule has 1 heterocycles. The number of H-pyrrole nitrogens is 1. The van der Waals surface area contributed by atoms with Crippen molar-refractivity contribution in [2.24, 2.45) is 0 Å². The Morgan fingerprint density at radius 2 is 2.06 bits per heavy atom. The number of hydrogen-bond donors (Lipinski definition) is 2. The number of pyridine rings is 1. The minimum atomic E-state index is -1.34. The normalized spacial score (nSPS) is 13.9. The summed E-state index contributed by atoms with van der Waals surface area (Å²) in [4.78, 5) is 25.0. The van der Waals surface area contributed by atoms with Gasteiger partial charge in [0.05, 0.1) is 5.56 Å². The Hall–Kier alpha value is -2.09. The smallest absolute Gasteiger partial charge is 0.342 e. The Morgan fingerprint density at radius 1 is 1.38 bits per heavy atom. The van der Waals surface area contributed by atoms with E-state index in [9.17, 15) is 9.59 Å². The van der Waals surface area contributed by atoms with Gasteiger partial charge >= 0.3 is 5.97 Å². The SMILES string of the molecule is N#Cc1c2c([nH]c(=O)c1C(=O)O)CCCC2. The molecule has 0 saturated carbocycles. The Bertz CT molecular complexity index is 552. The standard InChI is InChI=1S/C11H10N2O3/c12-5-7-6-3-1-2-4-8(6)13-10(14)9(7)11(15)16/h1-4H2,(H,13,14)(H,15,16). The van der Waals surface area contributed by atoms with Crippen LogP contribution in [-0.2, 0) is 12.8 Å². The van der Waals surface area contributed by atoms with Crippen LogP contribution in [0, 0.1) is 11.3 Å². The third-order valence-corrected chi connectivity index (χ3v) is 2.84. The van der Waals surface area contributed by atoms with Gasteiger partial charge in [-0.05, 0) is 31.2 Å². The van der Waals surface area contributed by atoms with E-state index in [1.807, 2.05) is 6.07 Å². The maximum absolute atomic E-state index is 11.5. The number of rotatable bonds is 1. The molecule has 0 bridgehead atoms. The van der Waals surface area contributed by atoms with Gasteiger partial charge < -0.3 is 10.1 Å². The van der Waals surface area contributed by atoms with Crippen molar-refractivity contribution in [2.75, 3.05) is 0 Å². The second-order valence-corrected chi connectivity index (χ2v) is 3.79. The van der Waals surface area contributed by atoms with Gasteiger partial charge in [0.25, 0.3) is 5.56 Å². The Labute approximate surface area is 91.3 Å². The zero-order valence-electron chi connectivity index (χ0n) is 8.54. The summed E-state index contributed by atoms with van der Waals surface area (Å²) >= 11 is 0. The van der Waals surface area contributed by atoms with Crippen molar-refractivity contribution in [1.29, 1.82) is 5.26 Å². The number of aromatic nitrogens is 1. The number of hydrogen-bond acceptors (Lipinski definition) is 3. The molecular formula is C11H10N2O3. The summed E-state index contributed by atoms with van der Waals surface area (Å²) < 4.78 is 0. The molecule has 1 aliphatic rings. The molecule has 5 heteroatoms. The van der Waals surface area contributed by atoms with E-state index in [4.69, 9.17) is 10.4 Å². The molecule has 0 unspecified atom stereocenters. The van der Waals surface area contributed by atoms with Gasteiger partial charge in [0, 0.05) is 5.69 Å². The predicted octanol–water partition coefficient (Wildman–Crippen LogP) is 0.824. The van der Waals surface area contributed by atoms with E-state index in [0.29, 0.717) is 18.4 Å². The van der Waals surface area contributed by atoms with Gasteiger partial charge in [-0.3, -0.25) is 4.79 Å². The van der Waals surface area contributed by atoms with E-state index < -0.39 is 17.1 Å². The van der Waals surface area contributed by atoms with E-state index in [1.165, 1.54) is 0 Å². The molecule has 0 amide bonds. The van der Waals surface area contributed by atoms with Gasteiger partial charge in [0.2, 0.25) is 0 Å². The molecule has 5 nitrogen and oxygen atoms in total. The summed E-state index contributed by atoms with van der Waals surface area (Å²) in [7, 11) is 0. The highest BCUT2D eigenvalue weighted by atomic mass is 16.4. The molecule has 1 aromatic heterocycles. The van der Waals surface area contributed by atoms with E-state index in [1.54, 1.807) is 0 Å². The average Bonchev–Trinajstić information content (AvgIpc) is 2.26. The maximum Gasteiger partial charge on any atom is 0.342 e. The first kappa shape index (κ1) is 10.4. The zero-order chi connectivity index (χ0) is 11.7. The highest BCUT2D eigenvalue weighted by Crippen LogP contribution is 2.22. The van der Waals surface area contributed by atoms with Crippen LogP contribution >= 0.6 is 0 Å². The van der Waals surface area contributed by atoms with Crippen molar-refractivity contribution >= 4 is 5.97 Å². The van der Waals surface area contributed by atoms with Crippen molar-refractivity contribution in [3.8, 4) is 6.07 Å². The van der Waals surface area contributed by atoms with Crippen LogP contribution in [0.4, 0.5) is 0 Å². The molecule has 0 atom stereocenters. The van der Waals surface area contributed by atoms with E-state index >= 15 is 0 Å². The number of carboxylic acids is 1. The van der Waals surface area contributed by atoms with Gasteiger partial charge in [-0.25, -0.2) is 4.79 Å². The third kappa shape index (κ3) is 1.48. The molecule has 2 rings (SSSR count). The Kier molecular flexibility index (Phi) is 2.49. The van der Waals surface area contributed by atoms with Crippen LogP contribution in [0.25, 0.3) is 0 Å². The predicted molar refractivity (Wildman–Crippen MR) is 55.4 cm³/mol. The lowest BCUT2D eigenvalue weighted by Crippen LogP contribution is -2.25. The molecule has 1 aliphatic carbocycles. The molecule has 2 N–H and O–H groups in total. The van der Waals surface area contributed by atoms with Crippen LogP contribution in [-0.4, -0.2) is 16.1 Å². The number of aromatic carboxylic acids is 1.